The van der Waals surface area contributed by atoms with Crippen LogP contribution in [0.3, 0.4) is 0 Å². The Balaban J connectivity index is 1.70. The Hall–Kier alpha value is -2.69. The summed E-state index contributed by atoms with van der Waals surface area (Å²) in [6.45, 7) is 4.75. The van der Waals surface area contributed by atoms with Crippen molar-refractivity contribution in [1.82, 2.24) is 20.2 Å². The molecule has 0 unspecified atom stereocenters. The number of tetrazole rings is 1. The lowest BCUT2D eigenvalue weighted by atomic mass is 10.1. The van der Waals surface area contributed by atoms with Crippen LogP contribution < -0.4 is 4.74 Å². The Kier molecular flexibility index (Phi) is 3.64. The third-order valence-electron chi connectivity index (χ3n) is 3.35. The monoisotopic (exact) mass is 280 g/mol. The van der Waals surface area contributed by atoms with Crippen molar-refractivity contribution in [2.75, 3.05) is 0 Å². The minimum atomic E-state index is 0.567. The van der Waals surface area contributed by atoms with Crippen LogP contribution in [0.25, 0.3) is 5.69 Å². The van der Waals surface area contributed by atoms with Crippen LogP contribution in [-0.2, 0) is 6.61 Å². The molecule has 0 spiro atoms. The topological polar surface area (TPSA) is 52.8 Å². The first-order valence-electron chi connectivity index (χ1n) is 6.75. The molecule has 106 valence electrons. The molecule has 0 aliphatic carbocycles. The maximum Gasteiger partial charge on any atom is 0.143 e. The van der Waals surface area contributed by atoms with Gasteiger partial charge in [-0.1, -0.05) is 23.8 Å². The molecule has 5 heteroatoms. The van der Waals surface area contributed by atoms with Crippen LogP contribution in [-0.4, -0.2) is 20.2 Å². The number of benzene rings is 2. The van der Waals surface area contributed by atoms with E-state index in [2.05, 4.69) is 47.6 Å². The molecular formula is C16H16N4O. The Labute approximate surface area is 123 Å². The highest BCUT2D eigenvalue weighted by Crippen LogP contribution is 2.17. The van der Waals surface area contributed by atoms with E-state index < -0.39 is 0 Å². The van der Waals surface area contributed by atoms with Crippen LogP contribution in [0.2, 0.25) is 0 Å². The quantitative estimate of drug-likeness (QED) is 0.737. The van der Waals surface area contributed by atoms with Gasteiger partial charge >= 0.3 is 0 Å². The second-order valence-electron chi connectivity index (χ2n) is 4.97. The average Bonchev–Trinajstić information content (AvgIpc) is 3.03. The standard InChI is InChI=1S/C16H16N4O/c1-12-3-4-13(2)14(9-12)10-21-16-7-5-15(6-8-16)20-11-17-18-19-20/h3-9,11H,10H2,1-2H3. The highest BCUT2D eigenvalue weighted by Gasteiger charge is 2.02. The van der Waals surface area contributed by atoms with E-state index in [1.54, 1.807) is 11.0 Å². The summed E-state index contributed by atoms with van der Waals surface area (Å²) >= 11 is 0. The summed E-state index contributed by atoms with van der Waals surface area (Å²) in [6, 6.07) is 14.1. The zero-order valence-corrected chi connectivity index (χ0v) is 12.0. The van der Waals surface area contributed by atoms with Gasteiger partial charge in [0.2, 0.25) is 0 Å². The summed E-state index contributed by atoms with van der Waals surface area (Å²) in [5.41, 5.74) is 4.60. The van der Waals surface area contributed by atoms with Crippen molar-refractivity contribution in [1.29, 1.82) is 0 Å². The Morgan fingerprint density at radius 3 is 2.57 bits per heavy atom. The van der Waals surface area contributed by atoms with Crippen molar-refractivity contribution in [2.45, 2.75) is 20.5 Å². The zero-order valence-electron chi connectivity index (χ0n) is 12.0. The van der Waals surface area contributed by atoms with E-state index in [9.17, 15) is 0 Å². The van der Waals surface area contributed by atoms with Crippen molar-refractivity contribution >= 4 is 0 Å². The van der Waals surface area contributed by atoms with Crippen LogP contribution in [0.15, 0.2) is 48.8 Å². The fourth-order valence-corrected chi connectivity index (χ4v) is 2.09. The summed E-state index contributed by atoms with van der Waals surface area (Å²) < 4.78 is 7.44. The molecule has 0 bridgehead atoms. The number of hydrogen-bond acceptors (Lipinski definition) is 4. The molecule has 0 saturated heterocycles. The third-order valence-corrected chi connectivity index (χ3v) is 3.35. The largest absolute Gasteiger partial charge is 0.489 e. The number of aryl methyl sites for hydroxylation is 2. The van der Waals surface area contributed by atoms with Gasteiger partial charge in [0.05, 0.1) is 5.69 Å². The van der Waals surface area contributed by atoms with E-state index in [0.29, 0.717) is 6.61 Å². The van der Waals surface area contributed by atoms with Gasteiger partial charge in [0.15, 0.2) is 0 Å². The maximum atomic E-state index is 5.84. The average molecular weight is 280 g/mol. The number of ether oxygens (including phenoxy) is 1. The first kappa shape index (κ1) is 13.3. The van der Waals surface area contributed by atoms with Crippen LogP contribution >= 0.6 is 0 Å². The summed E-state index contributed by atoms with van der Waals surface area (Å²) in [4.78, 5) is 0. The summed E-state index contributed by atoms with van der Waals surface area (Å²) in [5.74, 6) is 0.827. The molecule has 1 aromatic heterocycles. The number of rotatable bonds is 4. The second kappa shape index (κ2) is 5.75. The first-order valence-corrected chi connectivity index (χ1v) is 6.75. The number of nitrogens with zero attached hydrogens (tertiary/aromatic N) is 4. The Bertz CT molecular complexity index is 721. The van der Waals surface area contributed by atoms with Crippen molar-refractivity contribution < 1.29 is 4.74 Å². The SMILES string of the molecule is Cc1ccc(C)c(COc2ccc(-n3cnnn3)cc2)c1. The fourth-order valence-electron chi connectivity index (χ4n) is 2.09. The molecule has 0 aliphatic rings. The lowest BCUT2D eigenvalue weighted by molar-refractivity contribution is 0.305. The molecule has 21 heavy (non-hydrogen) atoms. The normalized spacial score (nSPS) is 10.6. The molecule has 0 atom stereocenters. The second-order valence-corrected chi connectivity index (χ2v) is 4.97. The van der Waals surface area contributed by atoms with Gasteiger partial charge in [0, 0.05) is 0 Å². The molecule has 0 saturated carbocycles. The van der Waals surface area contributed by atoms with Crippen molar-refractivity contribution in [3.05, 3.63) is 65.5 Å². The predicted molar refractivity (Wildman–Crippen MR) is 79.4 cm³/mol. The predicted octanol–water partition coefficient (Wildman–Crippen LogP) is 2.86. The molecule has 5 nitrogen and oxygen atoms in total. The van der Waals surface area contributed by atoms with Crippen LogP contribution in [0, 0.1) is 13.8 Å². The highest BCUT2D eigenvalue weighted by atomic mass is 16.5. The van der Waals surface area contributed by atoms with Crippen molar-refractivity contribution in [3.63, 3.8) is 0 Å². The van der Waals surface area contributed by atoms with Gasteiger partial charge in [0.1, 0.15) is 18.7 Å². The molecule has 3 rings (SSSR count). The minimum Gasteiger partial charge on any atom is -0.489 e. The molecule has 0 radical (unpaired) electrons. The smallest absolute Gasteiger partial charge is 0.143 e. The van der Waals surface area contributed by atoms with E-state index in [0.717, 1.165) is 11.4 Å². The Morgan fingerprint density at radius 2 is 1.86 bits per heavy atom. The van der Waals surface area contributed by atoms with Crippen LogP contribution in [0.1, 0.15) is 16.7 Å². The van der Waals surface area contributed by atoms with E-state index in [4.69, 9.17) is 4.74 Å². The summed E-state index contributed by atoms with van der Waals surface area (Å²) in [6.07, 6.45) is 1.56. The van der Waals surface area contributed by atoms with E-state index in [-0.39, 0.29) is 0 Å². The summed E-state index contributed by atoms with van der Waals surface area (Å²) in [5, 5.41) is 11.1. The van der Waals surface area contributed by atoms with Crippen LogP contribution in [0.5, 0.6) is 5.75 Å². The Morgan fingerprint density at radius 1 is 1.05 bits per heavy atom. The first-order chi connectivity index (χ1) is 10.2. The molecule has 1 heterocycles. The highest BCUT2D eigenvalue weighted by molar-refractivity contribution is 5.36. The zero-order chi connectivity index (χ0) is 14.7. The van der Waals surface area contributed by atoms with Crippen molar-refractivity contribution in [2.24, 2.45) is 0 Å². The third kappa shape index (κ3) is 3.08. The molecule has 0 aliphatic heterocycles. The minimum absolute atomic E-state index is 0.567. The molecule has 0 N–H and O–H groups in total. The van der Waals surface area contributed by atoms with Gasteiger partial charge in [-0.3, -0.25) is 0 Å². The number of hydrogen-bond donors (Lipinski definition) is 0. The van der Waals surface area contributed by atoms with Gasteiger partial charge in [-0.05, 0) is 59.7 Å². The lowest BCUT2D eigenvalue weighted by Crippen LogP contribution is -1.99. The maximum absolute atomic E-state index is 5.84. The van der Waals surface area contributed by atoms with Gasteiger partial charge in [-0.15, -0.1) is 5.10 Å². The summed E-state index contributed by atoms with van der Waals surface area (Å²) in [7, 11) is 0. The van der Waals surface area contributed by atoms with E-state index >= 15 is 0 Å². The molecule has 0 amide bonds. The van der Waals surface area contributed by atoms with Gasteiger partial charge < -0.3 is 4.74 Å². The fraction of sp³-hybridized carbons (Fsp3) is 0.188. The van der Waals surface area contributed by atoms with Crippen LogP contribution in [0.4, 0.5) is 0 Å². The lowest BCUT2D eigenvalue weighted by Gasteiger charge is -2.10. The van der Waals surface area contributed by atoms with E-state index in [1.807, 2.05) is 24.3 Å². The molecule has 3 aromatic rings. The van der Waals surface area contributed by atoms with E-state index in [1.165, 1.54) is 16.7 Å². The molecule has 0 fully saturated rings. The number of aromatic nitrogens is 4. The van der Waals surface area contributed by atoms with Crippen molar-refractivity contribution in [3.8, 4) is 11.4 Å². The van der Waals surface area contributed by atoms with Gasteiger partial charge in [-0.25, -0.2) is 4.68 Å². The van der Waals surface area contributed by atoms with Gasteiger partial charge in [0.25, 0.3) is 0 Å². The molecule has 2 aromatic carbocycles. The molecular weight excluding hydrogens is 264 g/mol. The van der Waals surface area contributed by atoms with Gasteiger partial charge in [-0.2, -0.15) is 0 Å².